The van der Waals surface area contributed by atoms with Crippen molar-refractivity contribution in [3.8, 4) is 0 Å². The minimum atomic E-state index is -0.477. The van der Waals surface area contributed by atoms with Crippen LogP contribution in [0.1, 0.15) is 5.56 Å². The second kappa shape index (κ2) is 7.09. The largest absolute Gasteiger partial charge is 0.390 e. The van der Waals surface area contributed by atoms with E-state index in [4.69, 9.17) is 23.2 Å². The van der Waals surface area contributed by atoms with E-state index < -0.39 is 6.10 Å². The topological polar surface area (TPSA) is 41.3 Å². The summed E-state index contributed by atoms with van der Waals surface area (Å²) in [4.78, 5) is 2.02. The van der Waals surface area contributed by atoms with E-state index in [0.29, 0.717) is 29.7 Å². The summed E-state index contributed by atoms with van der Waals surface area (Å²) in [6.45, 7) is 1.70. The predicted octanol–water partition coefficient (Wildman–Crippen LogP) is 2.68. The Morgan fingerprint density at radius 3 is 2.60 bits per heavy atom. The van der Waals surface area contributed by atoms with Crippen LogP contribution in [0, 0.1) is 0 Å². The van der Waals surface area contributed by atoms with Gasteiger partial charge in [0.1, 0.15) is 0 Å². The Labute approximate surface area is 128 Å². The van der Waals surface area contributed by atoms with E-state index in [1.807, 2.05) is 36.3 Å². The molecule has 2 aromatic rings. The molecule has 0 radical (unpaired) electrons. The van der Waals surface area contributed by atoms with Crippen molar-refractivity contribution in [1.29, 1.82) is 0 Å². The number of nitrogens with zero attached hydrogens (tertiary/aromatic N) is 3. The second-order valence-electron chi connectivity index (χ2n) is 4.86. The number of hydrogen-bond donors (Lipinski definition) is 1. The average Bonchev–Trinajstić information content (AvgIpc) is 2.79. The Balaban J connectivity index is 1.86. The van der Waals surface area contributed by atoms with E-state index in [9.17, 15) is 5.11 Å². The third-order valence-electron chi connectivity index (χ3n) is 2.85. The maximum Gasteiger partial charge on any atom is 0.0862 e. The van der Waals surface area contributed by atoms with Crippen LogP contribution in [0.2, 0.25) is 10.0 Å². The summed E-state index contributed by atoms with van der Waals surface area (Å²) >= 11 is 11.9. The highest BCUT2D eigenvalue weighted by atomic mass is 35.5. The van der Waals surface area contributed by atoms with Gasteiger partial charge in [0.15, 0.2) is 0 Å². The fourth-order valence-corrected chi connectivity index (χ4v) is 2.69. The molecule has 0 aliphatic carbocycles. The average molecular weight is 314 g/mol. The van der Waals surface area contributed by atoms with Crippen LogP contribution in [-0.2, 0) is 13.1 Å². The summed E-state index contributed by atoms with van der Waals surface area (Å²) in [5.41, 5.74) is 1.02. The Bertz CT molecular complexity index is 525. The van der Waals surface area contributed by atoms with Crippen molar-refractivity contribution < 1.29 is 5.11 Å². The first-order valence-corrected chi connectivity index (χ1v) is 7.07. The molecule has 0 fully saturated rings. The van der Waals surface area contributed by atoms with Crippen LogP contribution in [0.4, 0.5) is 0 Å². The smallest absolute Gasteiger partial charge is 0.0862 e. The van der Waals surface area contributed by atoms with Gasteiger partial charge >= 0.3 is 0 Å². The summed E-state index contributed by atoms with van der Waals surface area (Å²) in [6, 6.07) is 7.30. The van der Waals surface area contributed by atoms with Gasteiger partial charge in [-0.05, 0) is 36.9 Å². The Morgan fingerprint density at radius 1 is 1.30 bits per heavy atom. The second-order valence-corrected chi connectivity index (χ2v) is 5.73. The zero-order valence-electron chi connectivity index (χ0n) is 11.2. The van der Waals surface area contributed by atoms with Crippen molar-refractivity contribution in [3.05, 3.63) is 52.3 Å². The van der Waals surface area contributed by atoms with Crippen LogP contribution in [0.15, 0.2) is 36.7 Å². The fourth-order valence-electron chi connectivity index (χ4n) is 2.12. The number of rotatable bonds is 6. The molecular weight excluding hydrogens is 297 g/mol. The zero-order chi connectivity index (χ0) is 14.5. The van der Waals surface area contributed by atoms with Crippen LogP contribution in [0.5, 0.6) is 0 Å². The summed E-state index contributed by atoms with van der Waals surface area (Å²) in [5, 5.41) is 15.3. The molecule has 0 spiro atoms. The molecule has 2 rings (SSSR count). The zero-order valence-corrected chi connectivity index (χ0v) is 12.7. The van der Waals surface area contributed by atoms with E-state index in [2.05, 4.69) is 5.10 Å². The number of likely N-dealkylation sites (N-methyl/N-ethyl adjacent to an activating group) is 1. The standard InChI is InChI=1S/C14H17Cl2N3O/c1-18(8-11-5-12(15)7-13(16)6-11)9-14(20)10-19-4-2-3-17-19/h2-7,14,20H,8-10H2,1H3/t14-/m0/s1. The van der Waals surface area contributed by atoms with Crippen molar-refractivity contribution in [1.82, 2.24) is 14.7 Å². The van der Waals surface area contributed by atoms with Gasteiger partial charge < -0.3 is 5.11 Å². The molecule has 1 N–H and O–H groups in total. The number of aliphatic hydroxyl groups excluding tert-OH is 1. The van der Waals surface area contributed by atoms with E-state index in [1.165, 1.54) is 0 Å². The summed E-state index contributed by atoms with van der Waals surface area (Å²) < 4.78 is 1.72. The first kappa shape index (κ1) is 15.3. The Kier molecular flexibility index (Phi) is 5.43. The van der Waals surface area contributed by atoms with Crippen LogP contribution in [0.25, 0.3) is 0 Å². The number of aromatic nitrogens is 2. The Morgan fingerprint density at radius 2 is 2.00 bits per heavy atom. The molecule has 6 heteroatoms. The van der Waals surface area contributed by atoms with Gasteiger partial charge in [0, 0.05) is 35.5 Å². The molecule has 1 atom stereocenters. The molecule has 0 saturated carbocycles. The molecule has 0 aliphatic heterocycles. The van der Waals surface area contributed by atoms with Crippen molar-refractivity contribution >= 4 is 23.2 Å². The lowest BCUT2D eigenvalue weighted by Gasteiger charge is -2.20. The molecule has 1 aromatic heterocycles. The molecule has 1 aromatic carbocycles. The third-order valence-corrected chi connectivity index (χ3v) is 3.29. The molecule has 0 amide bonds. The normalized spacial score (nSPS) is 12.8. The lowest BCUT2D eigenvalue weighted by molar-refractivity contribution is 0.104. The maximum atomic E-state index is 10.0. The van der Waals surface area contributed by atoms with Gasteiger partial charge in [-0.25, -0.2) is 0 Å². The van der Waals surface area contributed by atoms with Crippen LogP contribution >= 0.6 is 23.2 Å². The number of halogens is 2. The maximum absolute atomic E-state index is 10.0. The molecule has 20 heavy (non-hydrogen) atoms. The van der Waals surface area contributed by atoms with Crippen molar-refractivity contribution in [2.75, 3.05) is 13.6 Å². The molecule has 0 unspecified atom stereocenters. The van der Waals surface area contributed by atoms with Crippen molar-refractivity contribution in [2.45, 2.75) is 19.2 Å². The fraction of sp³-hybridized carbons (Fsp3) is 0.357. The lowest BCUT2D eigenvalue weighted by atomic mass is 10.2. The highest BCUT2D eigenvalue weighted by Gasteiger charge is 2.10. The van der Waals surface area contributed by atoms with Crippen LogP contribution in [0.3, 0.4) is 0 Å². The molecule has 0 bridgehead atoms. The van der Waals surface area contributed by atoms with E-state index in [1.54, 1.807) is 16.9 Å². The quantitative estimate of drug-likeness (QED) is 0.891. The summed E-state index contributed by atoms with van der Waals surface area (Å²) in [7, 11) is 1.95. The molecule has 1 heterocycles. The minimum Gasteiger partial charge on any atom is -0.390 e. The summed E-state index contributed by atoms with van der Waals surface area (Å²) in [6.07, 6.45) is 3.05. The highest BCUT2D eigenvalue weighted by Crippen LogP contribution is 2.19. The van der Waals surface area contributed by atoms with Gasteiger partial charge in [-0.1, -0.05) is 23.2 Å². The van der Waals surface area contributed by atoms with E-state index in [-0.39, 0.29) is 0 Å². The molecule has 4 nitrogen and oxygen atoms in total. The summed E-state index contributed by atoms with van der Waals surface area (Å²) in [5.74, 6) is 0. The lowest BCUT2D eigenvalue weighted by Crippen LogP contribution is -2.31. The van der Waals surface area contributed by atoms with E-state index in [0.717, 1.165) is 5.56 Å². The van der Waals surface area contributed by atoms with E-state index >= 15 is 0 Å². The SMILES string of the molecule is CN(Cc1cc(Cl)cc(Cl)c1)C[C@H](O)Cn1cccn1. The first-order chi connectivity index (χ1) is 9.52. The van der Waals surface area contributed by atoms with Crippen LogP contribution in [-0.4, -0.2) is 39.5 Å². The van der Waals surface area contributed by atoms with Crippen LogP contribution < -0.4 is 0 Å². The van der Waals surface area contributed by atoms with Gasteiger partial charge in [-0.15, -0.1) is 0 Å². The predicted molar refractivity (Wildman–Crippen MR) is 81.0 cm³/mol. The van der Waals surface area contributed by atoms with Crippen molar-refractivity contribution in [2.24, 2.45) is 0 Å². The van der Waals surface area contributed by atoms with Gasteiger partial charge in [-0.2, -0.15) is 5.10 Å². The number of benzene rings is 1. The Hall–Kier alpha value is -1.07. The molecular formula is C14H17Cl2N3O. The minimum absolute atomic E-state index is 0.477. The molecule has 0 saturated heterocycles. The van der Waals surface area contributed by atoms with Gasteiger partial charge in [0.2, 0.25) is 0 Å². The van der Waals surface area contributed by atoms with Gasteiger partial charge in [0.05, 0.1) is 12.6 Å². The molecule has 108 valence electrons. The molecule has 0 aliphatic rings. The third kappa shape index (κ3) is 4.80. The van der Waals surface area contributed by atoms with Gasteiger partial charge in [0.25, 0.3) is 0 Å². The van der Waals surface area contributed by atoms with Gasteiger partial charge in [-0.3, -0.25) is 9.58 Å². The number of hydrogen-bond acceptors (Lipinski definition) is 3. The number of aliphatic hydroxyl groups is 1. The monoisotopic (exact) mass is 313 g/mol. The first-order valence-electron chi connectivity index (χ1n) is 6.32. The van der Waals surface area contributed by atoms with Crippen molar-refractivity contribution in [3.63, 3.8) is 0 Å². The highest BCUT2D eigenvalue weighted by molar-refractivity contribution is 6.34.